The molecule has 2 heterocycles. The van der Waals surface area contributed by atoms with Crippen LogP contribution in [0.2, 0.25) is 0 Å². The molecule has 0 spiro atoms. The summed E-state index contributed by atoms with van der Waals surface area (Å²) in [4.78, 5) is 17.3. The fourth-order valence-electron chi connectivity index (χ4n) is 2.69. The number of hydrogen-bond donors (Lipinski definition) is 1. The average Bonchev–Trinajstić information content (AvgIpc) is 2.48. The molecule has 21 heavy (non-hydrogen) atoms. The molecule has 0 saturated carbocycles. The number of piperidine rings is 1. The molecule has 1 aromatic heterocycles. The second-order valence-electron chi connectivity index (χ2n) is 5.27. The van der Waals surface area contributed by atoms with Crippen LogP contribution in [-0.4, -0.2) is 43.3 Å². The molecule has 116 valence electrons. The van der Waals surface area contributed by atoms with Crippen LogP contribution < -0.4 is 10.2 Å². The van der Waals surface area contributed by atoms with Crippen LogP contribution in [0.4, 0.5) is 17.3 Å². The molecule has 1 aromatic rings. The Morgan fingerprint density at radius 3 is 3.05 bits per heavy atom. The number of anilines is 2. The molecule has 1 aliphatic rings. The van der Waals surface area contributed by atoms with Crippen molar-refractivity contribution in [2.24, 2.45) is 5.92 Å². The number of methoxy groups -OCH3 is 1. The normalized spacial score (nSPS) is 18.6. The maximum absolute atomic E-state index is 11.1. The molecule has 1 atom stereocenters. The quantitative estimate of drug-likeness (QED) is 0.640. The number of nitro groups is 1. The molecule has 1 saturated heterocycles. The lowest BCUT2D eigenvalue weighted by molar-refractivity contribution is -0.384. The maximum atomic E-state index is 11.1. The summed E-state index contributed by atoms with van der Waals surface area (Å²) in [5, 5.41) is 14.1. The number of pyridine rings is 1. The third-order valence-corrected chi connectivity index (χ3v) is 3.61. The molecule has 7 nitrogen and oxygen atoms in total. The van der Waals surface area contributed by atoms with Crippen LogP contribution in [0.15, 0.2) is 12.1 Å². The summed E-state index contributed by atoms with van der Waals surface area (Å²) < 4.78 is 5.22. The van der Waals surface area contributed by atoms with Gasteiger partial charge in [0.15, 0.2) is 0 Å². The molecule has 0 amide bonds. The molecule has 0 radical (unpaired) electrons. The number of aromatic nitrogens is 1. The van der Waals surface area contributed by atoms with E-state index in [1.165, 1.54) is 6.07 Å². The van der Waals surface area contributed by atoms with Crippen LogP contribution in [0.1, 0.15) is 19.8 Å². The molecule has 1 fully saturated rings. The van der Waals surface area contributed by atoms with Crippen LogP contribution in [0, 0.1) is 16.0 Å². The molecule has 0 aliphatic carbocycles. The van der Waals surface area contributed by atoms with Crippen LogP contribution in [0.25, 0.3) is 0 Å². The molecule has 1 unspecified atom stereocenters. The third kappa shape index (κ3) is 4.04. The highest BCUT2D eigenvalue weighted by molar-refractivity contribution is 5.56. The third-order valence-electron chi connectivity index (χ3n) is 3.61. The predicted octanol–water partition coefficient (Wildman–Crippen LogP) is 2.28. The SMILES string of the molecule is CCNc1cc([N+](=O)[O-])cc(N2CCCC(COC)C2)n1. The van der Waals surface area contributed by atoms with Crippen molar-refractivity contribution in [1.29, 1.82) is 0 Å². The van der Waals surface area contributed by atoms with Gasteiger partial charge in [0.05, 0.1) is 23.7 Å². The Morgan fingerprint density at radius 2 is 2.38 bits per heavy atom. The zero-order valence-corrected chi connectivity index (χ0v) is 12.5. The summed E-state index contributed by atoms with van der Waals surface area (Å²) in [7, 11) is 1.70. The summed E-state index contributed by atoms with van der Waals surface area (Å²) in [6, 6.07) is 3.03. The van der Waals surface area contributed by atoms with Gasteiger partial charge in [-0.2, -0.15) is 0 Å². The fraction of sp³-hybridized carbons (Fsp3) is 0.643. The lowest BCUT2D eigenvalue weighted by Gasteiger charge is -2.33. The van der Waals surface area contributed by atoms with Crippen molar-refractivity contribution in [3.05, 3.63) is 22.2 Å². The van der Waals surface area contributed by atoms with E-state index in [0.717, 1.165) is 25.9 Å². The minimum Gasteiger partial charge on any atom is -0.384 e. The van der Waals surface area contributed by atoms with Gasteiger partial charge in [-0.15, -0.1) is 0 Å². The first kappa shape index (κ1) is 15.5. The number of rotatable bonds is 6. The van der Waals surface area contributed by atoms with E-state index < -0.39 is 0 Å². The van der Waals surface area contributed by atoms with E-state index >= 15 is 0 Å². The minimum atomic E-state index is -0.372. The van der Waals surface area contributed by atoms with Gasteiger partial charge >= 0.3 is 0 Å². The highest BCUT2D eigenvalue weighted by Crippen LogP contribution is 2.27. The van der Waals surface area contributed by atoms with E-state index in [1.807, 2.05) is 6.92 Å². The van der Waals surface area contributed by atoms with E-state index in [-0.39, 0.29) is 10.6 Å². The van der Waals surface area contributed by atoms with Crippen molar-refractivity contribution in [2.75, 3.05) is 43.6 Å². The molecule has 2 rings (SSSR count). The Hall–Kier alpha value is -1.89. The van der Waals surface area contributed by atoms with Crippen molar-refractivity contribution >= 4 is 17.3 Å². The lowest BCUT2D eigenvalue weighted by atomic mass is 9.99. The summed E-state index contributed by atoms with van der Waals surface area (Å²) in [5.74, 6) is 1.67. The van der Waals surface area contributed by atoms with Crippen LogP contribution in [0.5, 0.6) is 0 Å². The van der Waals surface area contributed by atoms with E-state index in [1.54, 1.807) is 13.2 Å². The number of hydrogen-bond acceptors (Lipinski definition) is 6. The van der Waals surface area contributed by atoms with Crippen molar-refractivity contribution in [3.8, 4) is 0 Å². The molecular formula is C14H22N4O3. The minimum absolute atomic E-state index is 0.0739. The first-order chi connectivity index (χ1) is 10.1. The monoisotopic (exact) mass is 294 g/mol. The largest absolute Gasteiger partial charge is 0.384 e. The van der Waals surface area contributed by atoms with Gasteiger partial charge < -0.3 is 15.0 Å². The molecule has 1 N–H and O–H groups in total. The Bertz CT molecular complexity index is 493. The van der Waals surface area contributed by atoms with Crippen molar-refractivity contribution in [2.45, 2.75) is 19.8 Å². The van der Waals surface area contributed by atoms with Crippen LogP contribution in [-0.2, 0) is 4.74 Å². The standard InChI is InChI=1S/C14H22N4O3/c1-3-15-13-7-12(18(19)20)8-14(16-13)17-6-4-5-11(9-17)10-21-2/h7-8,11H,3-6,9-10H2,1-2H3,(H,15,16). The lowest BCUT2D eigenvalue weighted by Crippen LogP contribution is -2.37. The highest BCUT2D eigenvalue weighted by Gasteiger charge is 2.23. The Morgan fingerprint density at radius 1 is 1.57 bits per heavy atom. The summed E-state index contributed by atoms with van der Waals surface area (Å²) in [6.07, 6.45) is 2.17. The van der Waals surface area contributed by atoms with E-state index in [2.05, 4.69) is 15.2 Å². The number of nitrogens with one attached hydrogen (secondary N) is 1. The van der Waals surface area contributed by atoms with Gasteiger partial charge in [-0.05, 0) is 25.7 Å². The van der Waals surface area contributed by atoms with Gasteiger partial charge in [0.25, 0.3) is 5.69 Å². The second-order valence-corrected chi connectivity index (χ2v) is 5.27. The van der Waals surface area contributed by atoms with Gasteiger partial charge in [-0.3, -0.25) is 10.1 Å². The molecule has 0 bridgehead atoms. The van der Waals surface area contributed by atoms with Crippen molar-refractivity contribution in [3.63, 3.8) is 0 Å². The highest BCUT2D eigenvalue weighted by atomic mass is 16.6. The van der Waals surface area contributed by atoms with Crippen LogP contribution in [0.3, 0.4) is 0 Å². The van der Waals surface area contributed by atoms with Crippen molar-refractivity contribution < 1.29 is 9.66 Å². The first-order valence-corrected chi connectivity index (χ1v) is 7.28. The molecule has 1 aliphatic heterocycles. The second kappa shape index (κ2) is 7.21. The van der Waals surface area contributed by atoms with E-state index in [9.17, 15) is 10.1 Å². The van der Waals surface area contributed by atoms with E-state index in [0.29, 0.717) is 30.7 Å². The Labute approximate surface area is 124 Å². The first-order valence-electron chi connectivity index (χ1n) is 7.28. The summed E-state index contributed by atoms with van der Waals surface area (Å²) in [6.45, 7) is 5.04. The van der Waals surface area contributed by atoms with Crippen LogP contribution >= 0.6 is 0 Å². The smallest absolute Gasteiger partial charge is 0.276 e. The zero-order chi connectivity index (χ0) is 15.2. The average molecular weight is 294 g/mol. The topological polar surface area (TPSA) is 80.5 Å². The fourth-order valence-corrected chi connectivity index (χ4v) is 2.69. The van der Waals surface area contributed by atoms with E-state index in [4.69, 9.17) is 4.74 Å². The zero-order valence-electron chi connectivity index (χ0n) is 12.5. The van der Waals surface area contributed by atoms with Gasteiger partial charge in [-0.1, -0.05) is 0 Å². The van der Waals surface area contributed by atoms with Gasteiger partial charge in [0, 0.05) is 26.7 Å². The number of ether oxygens (including phenoxy) is 1. The maximum Gasteiger partial charge on any atom is 0.276 e. The van der Waals surface area contributed by atoms with Gasteiger partial charge in [0.1, 0.15) is 11.6 Å². The summed E-state index contributed by atoms with van der Waals surface area (Å²) >= 11 is 0. The summed E-state index contributed by atoms with van der Waals surface area (Å²) in [5.41, 5.74) is 0.0739. The molecular weight excluding hydrogens is 272 g/mol. The molecule has 7 heteroatoms. The van der Waals surface area contributed by atoms with Gasteiger partial charge in [0.2, 0.25) is 0 Å². The predicted molar refractivity (Wildman–Crippen MR) is 81.9 cm³/mol. The van der Waals surface area contributed by atoms with Crippen molar-refractivity contribution in [1.82, 2.24) is 4.98 Å². The molecule has 0 aromatic carbocycles. The number of nitrogens with zero attached hydrogens (tertiary/aromatic N) is 3. The van der Waals surface area contributed by atoms with Gasteiger partial charge in [-0.25, -0.2) is 4.98 Å². The Balaban J connectivity index is 2.22. The Kier molecular flexibility index (Phi) is 5.32.